The highest BCUT2D eigenvalue weighted by molar-refractivity contribution is 7.91. The Morgan fingerprint density at radius 1 is 1.29 bits per heavy atom. The summed E-state index contributed by atoms with van der Waals surface area (Å²) in [6, 6.07) is 7.23. The summed E-state index contributed by atoms with van der Waals surface area (Å²) in [5.74, 6) is -4.07. The number of carbonyl (C=O) groups is 2. The molecule has 5 rings (SSSR count). The van der Waals surface area contributed by atoms with Crippen molar-refractivity contribution < 1.29 is 40.3 Å². The average molecular weight is 593 g/mol. The number of halogens is 4. The van der Waals surface area contributed by atoms with Crippen LogP contribution < -0.4 is 15.4 Å². The number of anilines is 1. The fourth-order valence-corrected chi connectivity index (χ4v) is 5.60. The van der Waals surface area contributed by atoms with Crippen LogP contribution in [0, 0.1) is 17.1 Å². The maximum Gasteiger partial charge on any atom is 0.422 e. The molecule has 0 unspecified atom stereocenters. The maximum absolute atomic E-state index is 15.2. The van der Waals surface area contributed by atoms with Crippen molar-refractivity contribution >= 4 is 27.5 Å². The van der Waals surface area contributed by atoms with Crippen LogP contribution in [0.25, 0.3) is 5.82 Å². The molecule has 0 saturated carbocycles. The van der Waals surface area contributed by atoms with Gasteiger partial charge in [0.25, 0.3) is 5.91 Å². The van der Waals surface area contributed by atoms with Crippen molar-refractivity contribution in [3.05, 3.63) is 64.2 Å². The molecule has 214 valence electrons. The predicted molar refractivity (Wildman–Crippen MR) is 134 cm³/mol. The average Bonchev–Trinajstić information content (AvgIpc) is 3.41. The Bertz CT molecular complexity index is 1730. The quantitative estimate of drug-likeness (QED) is 0.413. The number of nitrogens with zero attached hydrogens (tertiary/aromatic N) is 4. The zero-order valence-electron chi connectivity index (χ0n) is 21.2. The second-order valence-corrected chi connectivity index (χ2v) is 11.9. The van der Waals surface area contributed by atoms with E-state index in [2.05, 4.69) is 25.5 Å². The van der Waals surface area contributed by atoms with E-state index in [1.807, 2.05) is 6.07 Å². The van der Waals surface area contributed by atoms with Crippen LogP contribution in [0.4, 0.5) is 23.4 Å². The molecule has 1 aromatic carbocycles. The molecule has 1 spiro atoms. The van der Waals surface area contributed by atoms with Crippen LogP contribution in [-0.2, 0) is 33.0 Å². The molecule has 16 heteroatoms. The first-order valence-electron chi connectivity index (χ1n) is 12.0. The number of carbonyl (C=O) groups excluding carboxylic acids is 2. The SMILES string of the molecule is CS(=O)(=O)CC(=O)Nc1c2c(nn1-c1ccc(C#N)cn1)C[C@@]1(CCc3c1ccc(OCC(F)(F)F)c3F)NC2=O. The van der Waals surface area contributed by atoms with Crippen LogP contribution in [-0.4, -0.2) is 59.8 Å². The minimum atomic E-state index is -4.66. The lowest BCUT2D eigenvalue weighted by atomic mass is 9.82. The molecule has 0 fully saturated rings. The van der Waals surface area contributed by atoms with Gasteiger partial charge in [0.2, 0.25) is 5.91 Å². The molecule has 2 amide bonds. The van der Waals surface area contributed by atoms with Gasteiger partial charge in [-0.05, 0) is 42.2 Å². The van der Waals surface area contributed by atoms with Gasteiger partial charge in [-0.3, -0.25) is 9.59 Å². The van der Waals surface area contributed by atoms with Gasteiger partial charge in [0, 0.05) is 18.9 Å². The molecule has 2 N–H and O–H groups in total. The molecule has 0 radical (unpaired) electrons. The first kappa shape index (κ1) is 28.0. The fraction of sp³-hybridized carbons (Fsp3) is 0.320. The van der Waals surface area contributed by atoms with Gasteiger partial charge in [-0.15, -0.1) is 0 Å². The highest BCUT2D eigenvalue weighted by Crippen LogP contribution is 2.46. The van der Waals surface area contributed by atoms with E-state index in [0.29, 0.717) is 5.56 Å². The lowest BCUT2D eigenvalue weighted by Gasteiger charge is -2.35. The van der Waals surface area contributed by atoms with Gasteiger partial charge in [-0.2, -0.15) is 28.2 Å². The Balaban J connectivity index is 1.55. The Morgan fingerprint density at radius 2 is 2.05 bits per heavy atom. The molecular formula is C25H20F4N6O5S. The van der Waals surface area contributed by atoms with Gasteiger partial charge < -0.3 is 15.4 Å². The van der Waals surface area contributed by atoms with Crippen molar-refractivity contribution in [2.45, 2.75) is 31.0 Å². The standard InChI is InChI=1S/C25H20F4N6O5S/c1-41(38,39)11-19(36)32-22-20-16(34-35(22)18-5-2-13(9-30)10-31-18)8-24(33-23(20)37)7-6-14-15(24)3-4-17(21(14)26)40-12-25(27,28)29/h2-5,10H,6-8,11-12H2,1H3,(H,32,36)(H,33,37)/t24-/m1/s1. The summed E-state index contributed by atoms with van der Waals surface area (Å²) in [7, 11) is -3.72. The zero-order valence-corrected chi connectivity index (χ0v) is 22.0. The summed E-state index contributed by atoms with van der Waals surface area (Å²) in [5.41, 5.74) is -0.366. The molecule has 3 heterocycles. The van der Waals surface area contributed by atoms with E-state index >= 15 is 4.39 Å². The van der Waals surface area contributed by atoms with Crippen molar-refractivity contribution in [1.29, 1.82) is 5.26 Å². The number of benzene rings is 1. The summed E-state index contributed by atoms with van der Waals surface area (Å²) < 4.78 is 82.0. The number of ether oxygens (including phenoxy) is 1. The third kappa shape index (κ3) is 5.44. The number of sulfone groups is 1. The van der Waals surface area contributed by atoms with Gasteiger partial charge in [-0.25, -0.2) is 17.8 Å². The van der Waals surface area contributed by atoms with Gasteiger partial charge in [-0.1, -0.05) is 6.07 Å². The van der Waals surface area contributed by atoms with E-state index in [9.17, 15) is 31.2 Å². The number of rotatable bonds is 6. The second kappa shape index (κ2) is 9.84. The fourth-order valence-electron chi connectivity index (χ4n) is 5.05. The molecule has 2 aromatic heterocycles. The van der Waals surface area contributed by atoms with Gasteiger partial charge >= 0.3 is 6.18 Å². The highest BCUT2D eigenvalue weighted by atomic mass is 32.2. The first-order valence-corrected chi connectivity index (χ1v) is 14.1. The molecule has 1 atom stereocenters. The molecule has 2 aliphatic rings. The topological polar surface area (TPSA) is 156 Å². The smallest absolute Gasteiger partial charge is 0.422 e. The summed E-state index contributed by atoms with van der Waals surface area (Å²) in [6.07, 6.45) is -2.23. The van der Waals surface area contributed by atoms with Crippen LogP contribution in [0.15, 0.2) is 30.5 Å². The number of fused-ring (bicyclic) bond motifs is 3. The molecule has 1 aliphatic heterocycles. The summed E-state index contributed by atoms with van der Waals surface area (Å²) in [5, 5.41) is 18.8. The zero-order chi connectivity index (χ0) is 29.7. The number of pyridine rings is 1. The minimum Gasteiger partial charge on any atom is -0.481 e. The van der Waals surface area contributed by atoms with E-state index in [1.165, 1.54) is 24.4 Å². The highest BCUT2D eigenvalue weighted by Gasteiger charge is 2.48. The van der Waals surface area contributed by atoms with E-state index in [-0.39, 0.29) is 53.3 Å². The third-order valence-electron chi connectivity index (χ3n) is 6.67. The van der Waals surface area contributed by atoms with Crippen LogP contribution in [0.2, 0.25) is 0 Å². The largest absolute Gasteiger partial charge is 0.481 e. The lowest BCUT2D eigenvalue weighted by Crippen LogP contribution is -2.50. The number of aromatic nitrogens is 3. The maximum atomic E-state index is 15.2. The number of alkyl halides is 3. The molecular weight excluding hydrogens is 572 g/mol. The first-order chi connectivity index (χ1) is 19.2. The van der Waals surface area contributed by atoms with Crippen LogP contribution in [0.5, 0.6) is 5.75 Å². The van der Waals surface area contributed by atoms with E-state index in [4.69, 9.17) is 5.26 Å². The molecule has 0 bridgehead atoms. The summed E-state index contributed by atoms with van der Waals surface area (Å²) >= 11 is 0. The molecule has 41 heavy (non-hydrogen) atoms. The van der Waals surface area contributed by atoms with Gasteiger partial charge in [0.15, 0.2) is 39.6 Å². The second-order valence-electron chi connectivity index (χ2n) is 9.74. The Morgan fingerprint density at radius 3 is 2.68 bits per heavy atom. The van der Waals surface area contributed by atoms with Gasteiger partial charge in [0.05, 0.1) is 16.8 Å². The number of hydrogen-bond acceptors (Lipinski definition) is 8. The Labute approximate surface area is 230 Å². The number of hydrogen-bond donors (Lipinski definition) is 2. The molecule has 11 nitrogen and oxygen atoms in total. The number of nitrogens with one attached hydrogen (secondary N) is 2. The monoisotopic (exact) mass is 592 g/mol. The van der Waals surface area contributed by atoms with Crippen LogP contribution >= 0.6 is 0 Å². The summed E-state index contributed by atoms with van der Waals surface area (Å²) in [4.78, 5) is 30.2. The van der Waals surface area contributed by atoms with E-state index in [1.54, 1.807) is 0 Å². The predicted octanol–water partition coefficient (Wildman–Crippen LogP) is 2.33. The Kier molecular flexibility index (Phi) is 6.72. The van der Waals surface area contributed by atoms with Crippen molar-refractivity contribution in [1.82, 2.24) is 20.1 Å². The number of amides is 2. The normalized spacial score (nSPS) is 17.9. The third-order valence-corrected chi connectivity index (χ3v) is 7.46. The van der Waals surface area contributed by atoms with E-state index in [0.717, 1.165) is 17.0 Å². The van der Waals surface area contributed by atoms with Gasteiger partial charge in [0.1, 0.15) is 17.4 Å². The molecule has 1 aliphatic carbocycles. The Hall–Kier alpha value is -4.52. The van der Waals surface area contributed by atoms with Crippen molar-refractivity contribution in [3.63, 3.8) is 0 Å². The lowest BCUT2D eigenvalue weighted by molar-refractivity contribution is -0.153. The summed E-state index contributed by atoms with van der Waals surface area (Å²) in [6.45, 7) is -1.66. The van der Waals surface area contributed by atoms with E-state index < -0.39 is 57.3 Å². The van der Waals surface area contributed by atoms with Crippen molar-refractivity contribution in [2.75, 3.05) is 23.9 Å². The van der Waals surface area contributed by atoms with Crippen LogP contribution in [0.3, 0.4) is 0 Å². The molecule has 0 saturated heterocycles. The number of nitriles is 1. The van der Waals surface area contributed by atoms with Crippen molar-refractivity contribution in [2.24, 2.45) is 0 Å². The molecule has 3 aromatic rings. The van der Waals surface area contributed by atoms with Crippen molar-refractivity contribution in [3.8, 4) is 17.6 Å². The van der Waals surface area contributed by atoms with Crippen LogP contribution in [0.1, 0.15) is 39.2 Å². The minimum absolute atomic E-state index is 0.0154.